The first kappa shape index (κ1) is 28.4. The number of esters is 1. The van der Waals surface area contributed by atoms with Crippen molar-refractivity contribution in [3.8, 4) is 0 Å². The molecule has 1 aromatic rings. The number of benzene rings is 1. The summed E-state index contributed by atoms with van der Waals surface area (Å²) in [6, 6.07) is 2.84. The molecule has 4 N–H and O–H groups in total. The zero-order valence-electron chi connectivity index (χ0n) is 20.7. The number of carbonyl (C=O) groups is 5. The van der Waals surface area contributed by atoms with Gasteiger partial charge >= 0.3 is 12.1 Å². The second kappa shape index (κ2) is 12.0. The first-order valence-corrected chi connectivity index (χ1v) is 10.6. The Morgan fingerprint density at radius 2 is 1.74 bits per heavy atom. The number of aryl methyl sites for hydroxylation is 2. The molecule has 0 fully saturated rings. The molecule has 0 bridgehead atoms. The van der Waals surface area contributed by atoms with Crippen LogP contribution in [0, 0.1) is 13.8 Å². The van der Waals surface area contributed by atoms with E-state index in [1.54, 1.807) is 39.8 Å². The van der Waals surface area contributed by atoms with Crippen LogP contribution in [0.4, 0.5) is 4.79 Å². The number of likely N-dealkylation sites (N-methyl/N-ethyl adjacent to an activating group) is 1. The second-order valence-electron chi connectivity index (χ2n) is 8.87. The van der Waals surface area contributed by atoms with Crippen LogP contribution in [0.2, 0.25) is 0 Å². The van der Waals surface area contributed by atoms with Crippen molar-refractivity contribution in [1.29, 1.82) is 0 Å². The number of hydrogen-bond acceptors (Lipinski definition) is 7. The van der Waals surface area contributed by atoms with Crippen molar-refractivity contribution in [2.75, 3.05) is 20.7 Å². The van der Waals surface area contributed by atoms with Crippen LogP contribution in [0.5, 0.6) is 0 Å². The number of nitrogens with one attached hydrogen (secondary N) is 2. The van der Waals surface area contributed by atoms with Gasteiger partial charge in [0.15, 0.2) is 0 Å². The summed E-state index contributed by atoms with van der Waals surface area (Å²) in [5.74, 6) is -2.89. The fourth-order valence-electron chi connectivity index (χ4n) is 3.13. The van der Waals surface area contributed by atoms with Crippen LogP contribution >= 0.6 is 0 Å². The van der Waals surface area contributed by atoms with Gasteiger partial charge in [-0.1, -0.05) is 23.8 Å². The third-order valence-corrected chi connectivity index (χ3v) is 4.74. The zero-order valence-corrected chi connectivity index (χ0v) is 20.7. The Hall–Kier alpha value is -3.63. The highest BCUT2D eigenvalue weighted by Gasteiger charge is 2.35. The smallest absolute Gasteiger partial charge is 0.408 e. The fraction of sp³-hybridized carbons (Fsp3) is 0.522. The van der Waals surface area contributed by atoms with Gasteiger partial charge in [0.1, 0.15) is 24.2 Å². The quantitative estimate of drug-likeness (QED) is 0.444. The second-order valence-corrected chi connectivity index (χ2v) is 8.87. The summed E-state index contributed by atoms with van der Waals surface area (Å²) in [4.78, 5) is 63.0. The highest BCUT2D eigenvalue weighted by molar-refractivity contribution is 5.95. The molecule has 4 amide bonds. The molecule has 0 heterocycles. The Labute approximate surface area is 199 Å². The molecule has 34 heavy (non-hydrogen) atoms. The lowest BCUT2D eigenvalue weighted by molar-refractivity contribution is -0.144. The number of nitrogens with zero attached hydrogens (tertiary/aromatic N) is 1. The van der Waals surface area contributed by atoms with Gasteiger partial charge in [0.05, 0.1) is 13.5 Å². The minimum Gasteiger partial charge on any atom is -0.468 e. The maximum atomic E-state index is 13.4. The predicted octanol–water partition coefficient (Wildman–Crippen LogP) is 0.861. The van der Waals surface area contributed by atoms with Gasteiger partial charge in [-0.05, 0) is 45.7 Å². The molecule has 0 saturated heterocycles. The maximum Gasteiger partial charge on any atom is 0.408 e. The predicted molar refractivity (Wildman–Crippen MR) is 123 cm³/mol. The number of ether oxygens (including phenoxy) is 2. The summed E-state index contributed by atoms with van der Waals surface area (Å²) in [6.45, 7) is 8.13. The third-order valence-electron chi connectivity index (χ3n) is 4.74. The van der Waals surface area contributed by atoms with Crippen molar-refractivity contribution in [2.45, 2.75) is 58.7 Å². The lowest BCUT2D eigenvalue weighted by Gasteiger charge is -2.32. The highest BCUT2D eigenvalue weighted by Crippen LogP contribution is 2.25. The van der Waals surface area contributed by atoms with Gasteiger partial charge in [-0.25, -0.2) is 4.79 Å². The summed E-state index contributed by atoms with van der Waals surface area (Å²) in [7, 11) is 2.54. The number of methoxy groups -OCH3 is 1. The van der Waals surface area contributed by atoms with E-state index in [4.69, 9.17) is 10.5 Å². The van der Waals surface area contributed by atoms with Gasteiger partial charge in [0.2, 0.25) is 17.7 Å². The fourth-order valence-corrected chi connectivity index (χ4v) is 3.13. The normalized spacial score (nSPS) is 12.7. The van der Waals surface area contributed by atoms with Crippen molar-refractivity contribution in [3.63, 3.8) is 0 Å². The number of primary amides is 1. The van der Waals surface area contributed by atoms with E-state index in [1.807, 2.05) is 13.0 Å². The lowest BCUT2D eigenvalue weighted by Crippen LogP contribution is -2.53. The molecule has 1 aromatic carbocycles. The van der Waals surface area contributed by atoms with Crippen LogP contribution in [-0.4, -0.2) is 67.0 Å². The topological polar surface area (TPSA) is 157 Å². The molecule has 1 rings (SSSR count). The SMILES string of the molecule is COC(=O)CNC(=O)C(c1cc(C)ccc1C)N(C)C(=O)C(CC(N)=O)NC(=O)OC(C)(C)C. The molecule has 11 heteroatoms. The van der Waals surface area contributed by atoms with Gasteiger partial charge in [0, 0.05) is 7.05 Å². The number of carbonyl (C=O) groups excluding carboxylic acids is 5. The molecular weight excluding hydrogens is 444 g/mol. The molecule has 0 saturated carbocycles. The van der Waals surface area contributed by atoms with E-state index in [1.165, 1.54) is 14.2 Å². The molecule has 0 aromatic heterocycles. The van der Waals surface area contributed by atoms with Gasteiger partial charge in [-0.15, -0.1) is 0 Å². The Bertz CT molecular complexity index is 940. The minimum atomic E-state index is -1.38. The van der Waals surface area contributed by atoms with Crippen molar-refractivity contribution >= 4 is 29.8 Å². The summed E-state index contributed by atoms with van der Waals surface area (Å²) in [6.07, 6.45) is -1.43. The largest absolute Gasteiger partial charge is 0.468 e. The molecular formula is C23H34N4O7. The number of nitrogens with two attached hydrogens (primary N) is 1. The minimum absolute atomic E-state index is 0.403. The standard InChI is InChI=1S/C23H34N4O7/c1-13-8-9-14(2)15(10-13)19(20(30)25-12-18(29)33-7)27(6)21(31)16(11-17(24)28)26-22(32)34-23(3,4)5/h8-10,16,19H,11-12H2,1-7H3,(H2,24,28)(H,25,30)(H,26,32). The summed E-state index contributed by atoms with van der Waals surface area (Å²) >= 11 is 0. The summed E-state index contributed by atoms with van der Waals surface area (Å²) in [5.41, 5.74) is 6.51. The summed E-state index contributed by atoms with van der Waals surface area (Å²) < 4.78 is 9.74. The van der Waals surface area contributed by atoms with Gasteiger partial charge < -0.3 is 30.7 Å². The average molecular weight is 479 g/mol. The van der Waals surface area contributed by atoms with Crippen LogP contribution in [0.3, 0.4) is 0 Å². The van der Waals surface area contributed by atoms with E-state index in [-0.39, 0.29) is 0 Å². The van der Waals surface area contributed by atoms with Crippen LogP contribution in [0.1, 0.15) is 49.9 Å². The molecule has 0 radical (unpaired) electrons. The highest BCUT2D eigenvalue weighted by atomic mass is 16.6. The number of hydrogen-bond donors (Lipinski definition) is 3. The van der Waals surface area contributed by atoms with Crippen LogP contribution in [0.25, 0.3) is 0 Å². The van der Waals surface area contributed by atoms with Crippen molar-refractivity contribution in [1.82, 2.24) is 15.5 Å². The average Bonchev–Trinajstić information content (AvgIpc) is 2.71. The number of alkyl carbamates (subject to hydrolysis) is 1. The first-order valence-electron chi connectivity index (χ1n) is 10.6. The van der Waals surface area contributed by atoms with Gasteiger partial charge in [-0.2, -0.15) is 0 Å². The summed E-state index contributed by atoms with van der Waals surface area (Å²) in [5, 5.41) is 4.81. The molecule has 11 nitrogen and oxygen atoms in total. The first-order chi connectivity index (χ1) is 15.7. The van der Waals surface area contributed by atoms with E-state index in [0.717, 1.165) is 16.0 Å². The molecule has 0 spiro atoms. The third kappa shape index (κ3) is 8.72. The van der Waals surface area contributed by atoms with Crippen molar-refractivity contribution in [2.24, 2.45) is 5.73 Å². The number of rotatable bonds is 9. The van der Waals surface area contributed by atoms with Crippen molar-refractivity contribution < 1.29 is 33.4 Å². The molecule has 0 aliphatic carbocycles. The Morgan fingerprint density at radius 3 is 2.26 bits per heavy atom. The van der Waals surface area contributed by atoms with Crippen LogP contribution in [-0.2, 0) is 28.7 Å². The van der Waals surface area contributed by atoms with Gasteiger partial charge in [0.25, 0.3) is 0 Å². The van der Waals surface area contributed by atoms with E-state index in [0.29, 0.717) is 5.56 Å². The van der Waals surface area contributed by atoms with E-state index < -0.39 is 60.4 Å². The van der Waals surface area contributed by atoms with Crippen molar-refractivity contribution in [3.05, 3.63) is 34.9 Å². The maximum absolute atomic E-state index is 13.4. The van der Waals surface area contributed by atoms with E-state index in [9.17, 15) is 24.0 Å². The van der Waals surface area contributed by atoms with Crippen LogP contribution < -0.4 is 16.4 Å². The molecule has 2 unspecified atom stereocenters. The molecule has 2 atom stereocenters. The number of amides is 4. The monoisotopic (exact) mass is 478 g/mol. The Morgan fingerprint density at radius 1 is 1.12 bits per heavy atom. The van der Waals surface area contributed by atoms with Gasteiger partial charge in [-0.3, -0.25) is 19.2 Å². The van der Waals surface area contributed by atoms with Crippen LogP contribution in [0.15, 0.2) is 18.2 Å². The van der Waals surface area contributed by atoms with E-state index >= 15 is 0 Å². The Kier molecular flexibility index (Phi) is 10.0. The Balaban J connectivity index is 3.33. The molecule has 0 aliphatic rings. The molecule has 188 valence electrons. The van der Waals surface area contributed by atoms with E-state index in [2.05, 4.69) is 15.4 Å². The molecule has 0 aliphatic heterocycles. The zero-order chi connectivity index (χ0) is 26.2. The lowest BCUT2D eigenvalue weighted by atomic mass is 9.96.